The van der Waals surface area contributed by atoms with E-state index in [-0.39, 0.29) is 5.91 Å². The summed E-state index contributed by atoms with van der Waals surface area (Å²) in [6.07, 6.45) is 1.17. The van der Waals surface area contributed by atoms with Crippen LogP contribution >= 0.6 is 0 Å². The van der Waals surface area contributed by atoms with Gasteiger partial charge in [0.05, 0.1) is 5.54 Å². The molecular weight excluding hydrogens is 178 g/mol. The normalized spacial score (nSPS) is 23.9. The average molecular weight is 199 g/mol. The van der Waals surface area contributed by atoms with Crippen LogP contribution in [0, 0.1) is 5.92 Å². The van der Waals surface area contributed by atoms with Gasteiger partial charge in [-0.2, -0.15) is 0 Å². The van der Waals surface area contributed by atoms with Crippen molar-refractivity contribution in [1.82, 2.24) is 10.2 Å². The van der Waals surface area contributed by atoms with Crippen LogP contribution in [-0.2, 0) is 4.79 Å². The van der Waals surface area contributed by atoms with Gasteiger partial charge in [-0.15, -0.1) is 0 Å². The van der Waals surface area contributed by atoms with Crippen LogP contribution < -0.4 is 11.1 Å². The van der Waals surface area contributed by atoms with Gasteiger partial charge in [-0.1, -0.05) is 0 Å². The summed E-state index contributed by atoms with van der Waals surface area (Å²) in [6.45, 7) is 6.41. The molecule has 1 saturated heterocycles. The molecule has 4 nitrogen and oxygen atoms in total. The van der Waals surface area contributed by atoms with E-state index in [0.29, 0.717) is 5.92 Å². The number of amides is 1. The van der Waals surface area contributed by atoms with Gasteiger partial charge in [-0.3, -0.25) is 4.79 Å². The first kappa shape index (κ1) is 11.5. The lowest BCUT2D eigenvalue weighted by atomic mass is 10.1. The summed E-state index contributed by atoms with van der Waals surface area (Å²) >= 11 is 0. The van der Waals surface area contributed by atoms with Crippen molar-refractivity contribution >= 4 is 5.91 Å². The quantitative estimate of drug-likeness (QED) is 0.661. The Morgan fingerprint density at radius 2 is 2.29 bits per heavy atom. The molecule has 0 spiro atoms. The number of hydrogen-bond acceptors (Lipinski definition) is 3. The molecule has 0 bridgehead atoms. The highest BCUT2D eigenvalue weighted by molar-refractivity contribution is 5.84. The molecule has 14 heavy (non-hydrogen) atoms. The van der Waals surface area contributed by atoms with E-state index < -0.39 is 5.54 Å². The first-order chi connectivity index (χ1) is 6.39. The Labute approximate surface area is 85.8 Å². The van der Waals surface area contributed by atoms with Crippen LogP contribution in [0.5, 0.6) is 0 Å². The standard InChI is InChI=1S/C10H21N3O/c1-10(2,11)9(14)12-6-8-4-5-13(3)7-8/h8H,4-7,11H2,1-3H3,(H,12,14). The second-order valence-corrected chi connectivity index (χ2v) is 4.85. The second-order valence-electron chi connectivity index (χ2n) is 4.85. The van der Waals surface area contributed by atoms with Crippen LogP contribution in [-0.4, -0.2) is 43.0 Å². The molecule has 1 aliphatic heterocycles. The summed E-state index contributed by atoms with van der Waals surface area (Å²) in [6, 6.07) is 0. The van der Waals surface area contributed by atoms with Crippen LogP contribution in [0.25, 0.3) is 0 Å². The minimum absolute atomic E-state index is 0.0629. The number of carbonyl (C=O) groups is 1. The largest absolute Gasteiger partial charge is 0.354 e. The molecule has 3 N–H and O–H groups in total. The van der Waals surface area contributed by atoms with Crippen molar-refractivity contribution in [1.29, 1.82) is 0 Å². The molecule has 1 atom stereocenters. The molecule has 0 aromatic carbocycles. The maximum atomic E-state index is 11.5. The van der Waals surface area contributed by atoms with E-state index in [9.17, 15) is 4.79 Å². The van der Waals surface area contributed by atoms with E-state index in [1.807, 2.05) is 0 Å². The fraction of sp³-hybridized carbons (Fsp3) is 0.900. The number of nitrogens with two attached hydrogens (primary N) is 1. The minimum atomic E-state index is -0.759. The van der Waals surface area contributed by atoms with Gasteiger partial charge in [0.15, 0.2) is 0 Å². The lowest BCUT2D eigenvalue weighted by Crippen LogP contribution is -2.50. The van der Waals surface area contributed by atoms with E-state index >= 15 is 0 Å². The van der Waals surface area contributed by atoms with E-state index in [0.717, 1.165) is 19.6 Å². The summed E-state index contributed by atoms with van der Waals surface area (Å²) in [5.74, 6) is 0.526. The predicted molar refractivity (Wildman–Crippen MR) is 56.9 cm³/mol. The zero-order chi connectivity index (χ0) is 10.8. The van der Waals surface area contributed by atoms with Gasteiger partial charge in [0.2, 0.25) is 5.91 Å². The molecule has 4 heteroatoms. The van der Waals surface area contributed by atoms with Crippen molar-refractivity contribution in [2.75, 3.05) is 26.7 Å². The van der Waals surface area contributed by atoms with Crippen LogP contribution in [0.1, 0.15) is 20.3 Å². The molecule has 1 unspecified atom stereocenters. The Hall–Kier alpha value is -0.610. The van der Waals surface area contributed by atoms with E-state index in [2.05, 4.69) is 17.3 Å². The molecular formula is C10H21N3O. The Bertz CT molecular complexity index is 210. The van der Waals surface area contributed by atoms with Crippen molar-refractivity contribution in [2.45, 2.75) is 25.8 Å². The van der Waals surface area contributed by atoms with Gasteiger partial charge in [-0.25, -0.2) is 0 Å². The van der Waals surface area contributed by atoms with Crippen molar-refractivity contribution in [3.63, 3.8) is 0 Å². The number of nitrogens with zero attached hydrogens (tertiary/aromatic N) is 1. The highest BCUT2D eigenvalue weighted by atomic mass is 16.2. The topological polar surface area (TPSA) is 58.4 Å². The van der Waals surface area contributed by atoms with E-state index in [1.165, 1.54) is 6.42 Å². The van der Waals surface area contributed by atoms with Crippen molar-refractivity contribution < 1.29 is 4.79 Å². The molecule has 0 saturated carbocycles. The minimum Gasteiger partial charge on any atom is -0.354 e. The Balaban J connectivity index is 2.24. The zero-order valence-electron chi connectivity index (χ0n) is 9.34. The maximum absolute atomic E-state index is 11.5. The Kier molecular flexibility index (Phi) is 3.50. The highest BCUT2D eigenvalue weighted by Crippen LogP contribution is 2.13. The van der Waals surface area contributed by atoms with Crippen LogP contribution in [0.2, 0.25) is 0 Å². The molecule has 0 aliphatic carbocycles. The average Bonchev–Trinajstić information content (AvgIpc) is 2.45. The van der Waals surface area contributed by atoms with E-state index in [1.54, 1.807) is 13.8 Å². The predicted octanol–water partition coefficient (Wildman–Crippen LogP) is -0.208. The molecule has 1 rings (SSSR count). The van der Waals surface area contributed by atoms with Crippen molar-refractivity contribution in [2.24, 2.45) is 11.7 Å². The maximum Gasteiger partial charge on any atom is 0.239 e. The molecule has 1 fully saturated rings. The molecule has 0 radical (unpaired) electrons. The van der Waals surface area contributed by atoms with Crippen molar-refractivity contribution in [3.8, 4) is 0 Å². The molecule has 1 heterocycles. The SMILES string of the molecule is CN1CCC(CNC(=O)C(C)(C)N)C1. The number of hydrogen-bond donors (Lipinski definition) is 2. The summed E-state index contributed by atoms with van der Waals surface area (Å²) in [4.78, 5) is 13.7. The number of rotatable bonds is 3. The number of carbonyl (C=O) groups excluding carboxylic acids is 1. The van der Waals surface area contributed by atoms with Gasteiger partial charge in [0, 0.05) is 13.1 Å². The molecule has 82 valence electrons. The third-order valence-electron chi connectivity index (χ3n) is 2.63. The first-order valence-electron chi connectivity index (χ1n) is 5.15. The Morgan fingerprint density at radius 3 is 2.71 bits per heavy atom. The first-order valence-corrected chi connectivity index (χ1v) is 5.15. The molecule has 0 aromatic rings. The van der Waals surface area contributed by atoms with Crippen LogP contribution in [0.15, 0.2) is 0 Å². The molecule has 1 aliphatic rings. The number of nitrogens with one attached hydrogen (secondary N) is 1. The van der Waals surface area contributed by atoms with Gasteiger partial charge in [-0.05, 0) is 39.8 Å². The fourth-order valence-electron chi connectivity index (χ4n) is 1.66. The van der Waals surface area contributed by atoms with Gasteiger partial charge < -0.3 is 16.0 Å². The van der Waals surface area contributed by atoms with Crippen molar-refractivity contribution in [3.05, 3.63) is 0 Å². The van der Waals surface area contributed by atoms with Gasteiger partial charge in [0.1, 0.15) is 0 Å². The monoisotopic (exact) mass is 199 g/mol. The lowest BCUT2D eigenvalue weighted by Gasteiger charge is -2.19. The third kappa shape index (κ3) is 3.27. The smallest absolute Gasteiger partial charge is 0.239 e. The fourth-order valence-corrected chi connectivity index (χ4v) is 1.66. The summed E-state index contributed by atoms with van der Waals surface area (Å²) in [5.41, 5.74) is 4.91. The number of likely N-dealkylation sites (tertiary alicyclic amines) is 1. The van der Waals surface area contributed by atoms with Gasteiger partial charge >= 0.3 is 0 Å². The van der Waals surface area contributed by atoms with E-state index in [4.69, 9.17) is 5.73 Å². The molecule has 1 amide bonds. The van der Waals surface area contributed by atoms with Crippen LogP contribution in [0.4, 0.5) is 0 Å². The van der Waals surface area contributed by atoms with Gasteiger partial charge in [0.25, 0.3) is 0 Å². The Morgan fingerprint density at radius 1 is 1.64 bits per heavy atom. The highest BCUT2D eigenvalue weighted by Gasteiger charge is 2.24. The molecule has 0 aromatic heterocycles. The van der Waals surface area contributed by atoms with Crippen LogP contribution in [0.3, 0.4) is 0 Å². The third-order valence-corrected chi connectivity index (χ3v) is 2.63. The summed E-state index contributed by atoms with van der Waals surface area (Å²) in [7, 11) is 2.11. The zero-order valence-corrected chi connectivity index (χ0v) is 9.34. The lowest BCUT2D eigenvalue weighted by molar-refractivity contribution is -0.125. The summed E-state index contributed by atoms with van der Waals surface area (Å²) < 4.78 is 0. The second kappa shape index (κ2) is 4.28. The summed E-state index contributed by atoms with van der Waals surface area (Å²) in [5, 5.41) is 2.89.